The molecule has 0 atom stereocenters. The quantitative estimate of drug-likeness (QED) is 0.331. The molecule has 0 saturated carbocycles. The molecule has 9 heteroatoms. The number of benzene rings is 1. The van der Waals surface area contributed by atoms with Crippen LogP contribution in [0.3, 0.4) is 0 Å². The number of fused-ring (bicyclic) bond motifs is 1. The highest BCUT2D eigenvalue weighted by atomic mass is 32.2. The van der Waals surface area contributed by atoms with Gasteiger partial charge in [0.05, 0.1) is 17.5 Å². The van der Waals surface area contributed by atoms with Gasteiger partial charge in [0, 0.05) is 10.9 Å². The normalized spacial score (nSPS) is 12.0. The number of thioether (sulfide) groups is 1. The van der Waals surface area contributed by atoms with Crippen LogP contribution >= 0.6 is 23.1 Å². The summed E-state index contributed by atoms with van der Waals surface area (Å²) in [6.45, 7) is 0. The molecule has 0 aliphatic carbocycles. The second kappa shape index (κ2) is 6.73. The van der Waals surface area contributed by atoms with Crippen LogP contribution in [-0.4, -0.2) is 15.0 Å². The van der Waals surface area contributed by atoms with E-state index in [-0.39, 0.29) is 0 Å². The van der Waals surface area contributed by atoms with Crippen molar-refractivity contribution in [3.8, 4) is 11.3 Å². The molecule has 4 aromatic rings. The van der Waals surface area contributed by atoms with Crippen molar-refractivity contribution in [2.45, 2.75) is 17.0 Å². The molecule has 1 aromatic carbocycles. The van der Waals surface area contributed by atoms with Gasteiger partial charge in [-0.25, -0.2) is 15.0 Å². The Bertz CT molecular complexity index is 1060. The van der Waals surface area contributed by atoms with Crippen molar-refractivity contribution in [1.82, 2.24) is 15.0 Å². The lowest BCUT2D eigenvalue weighted by atomic mass is 10.1. The third-order valence-electron chi connectivity index (χ3n) is 3.59. The van der Waals surface area contributed by atoms with Crippen molar-refractivity contribution in [2.75, 3.05) is 0 Å². The van der Waals surface area contributed by atoms with Crippen LogP contribution in [0.1, 0.15) is 11.5 Å². The lowest BCUT2D eigenvalue weighted by molar-refractivity contribution is -0.137. The molecule has 4 rings (SSSR count). The van der Waals surface area contributed by atoms with E-state index in [1.54, 1.807) is 6.07 Å². The maximum absolute atomic E-state index is 12.8. The van der Waals surface area contributed by atoms with E-state index in [0.717, 1.165) is 27.4 Å². The molecule has 0 aliphatic heterocycles. The highest BCUT2D eigenvalue weighted by Crippen LogP contribution is 2.33. The lowest BCUT2D eigenvalue weighted by Crippen LogP contribution is -2.04. The van der Waals surface area contributed by atoms with Crippen molar-refractivity contribution < 1.29 is 17.6 Å². The van der Waals surface area contributed by atoms with Gasteiger partial charge in [-0.2, -0.15) is 13.2 Å². The number of halogens is 3. The summed E-state index contributed by atoms with van der Waals surface area (Å²) in [5, 5.41) is 3.72. The predicted molar refractivity (Wildman–Crippen MR) is 93.9 cm³/mol. The molecule has 0 saturated heterocycles. The average molecular weight is 393 g/mol. The van der Waals surface area contributed by atoms with E-state index in [1.807, 2.05) is 11.4 Å². The first-order valence-corrected chi connectivity index (χ1v) is 9.30. The van der Waals surface area contributed by atoms with E-state index in [9.17, 15) is 13.2 Å². The van der Waals surface area contributed by atoms with Crippen LogP contribution in [0, 0.1) is 0 Å². The molecule has 0 amide bonds. The number of alkyl halides is 3. The summed E-state index contributed by atoms with van der Waals surface area (Å²) in [6, 6.07) is 6.94. The zero-order valence-corrected chi connectivity index (χ0v) is 14.7. The fourth-order valence-electron chi connectivity index (χ4n) is 2.37. The Morgan fingerprint density at radius 2 is 2.00 bits per heavy atom. The molecule has 0 unspecified atom stereocenters. The number of hydrogen-bond acceptors (Lipinski definition) is 6. The Labute approximate surface area is 154 Å². The van der Waals surface area contributed by atoms with Crippen molar-refractivity contribution in [1.29, 1.82) is 0 Å². The Hall–Kier alpha value is -2.39. The first-order chi connectivity index (χ1) is 12.5. The van der Waals surface area contributed by atoms with E-state index in [0.29, 0.717) is 23.0 Å². The monoisotopic (exact) mass is 393 g/mol. The Morgan fingerprint density at radius 3 is 2.85 bits per heavy atom. The highest BCUT2D eigenvalue weighted by molar-refractivity contribution is 7.98. The molecule has 3 aromatic heterocycles. The summed E-state index contributed by atoms with van der Waals surface area (Å²) >= 11 is 2.98. The minimum absolute atomic E-state index is 0.301. The maximum atomic E-state index is 12.8. The zero-order valence-electron chi connectivity index (χ0n) is 13.0. The highest BCUT2D eigenvalue weighted by Gasteiger charge is 2.30. The van der Waals surface area contributed by atoms with Crippen molar-refractivity contribution in [3.05, 3.63) is 59.7 Å². The van der Waals surface area contributed by atoms with Crippen LogP contribution in [0.5, 0.6) is 0 Å². The topological polar surface area (TPSA) is 51.8 Å². The number of nitrogens with zero attached hydrogens (tertiary/aromatic N) is 3. The average Bonchev–Trinajstić information content (AvgIpc) is 3.29. The van der Waals surface area contributed by atoms with Gasteiger partial charge < -0.3 is 4.42 Å². The van der Waals surface area contributed by atoms with Crippen LogP contribution in [-0.2, 0) is 11.9 Å². The number of aromatic nitrogens is 3. The summed E-state index contributed by atoms with van der Waals surface area (Å²) in [7, 11) is 0. The fraction of sp³-hybridized carbons (Fsp3) is 0.118. The van der Waals surface area contributed by atoms with Gasteiger partial charge in [-0.1, -0.05) is 23.9 Å². The minimum atomic E-state index is -4.40. The van der Waals surface area contributed by atoms with Gasteiger partial charge in [-0.3, -0.25) is 0 Å². The molecule has 132 valence electrons. The van der Waals surface area contributed by atoms with Crippen molar-refractivity contribution >= 4 is 33.3 Å². The van der Waals surface area contributed by atoms with E-state index in [2.05, 4.69) is 15.0 Å². The molecule has 0 aliphatic rings. The number of hydrogen-bond donors (Lipinski definition) is 0. The van der Waals surface area contributed by atoms with Gasteiger partial charge in [0.1, 0.15) is 16.2 Å². The maximum Gasteiger partial charge on any atom is 0.416 e. The van der Waals surface area contributed by atoms with Crippen LogP contribution < -0.4 is 0 Å². The van der Waals surface area contributed by atoms with Gasteiger partial charge in [0.25, 0.3) is 0 Å². The second-order valence-corrected chi connectivity index (χ2v) is 7.16. The lowest BCUT2D eigenvalue weighted by Gasteiger charge is -2.07. The van der Waals surface area contributed by atoms with Gasteiger partial charge in [-0.05, 0) is 23.6 Å². The molecular formula is C17H10F3N3OS2. The Morgan fingerprint density at radius 1 is 1.12 bits per heavy atom. The van der Waals surface area contributed by atoms with Gasteiger partial charge in [0.15, 0.2) is 5.76 Å². The molecule has 0 N–H and O–H groups in total. The minimum Gasteiger partial charge on any atom is -0.440 e. The molecule has 26 heavy (non-hydrogen) atoms. The Kier molecular flexibility index (Phi) is 4.41. The van der Waals surface area contributed by atoms with Crippen molar-refractivity contribution in [3.63, 3.8) is 0 Å². The first-order valence-electron chi connectivity index (χ1n) is 7.44. The molecule has 3 heterocycles. The molecular weight excluding hydrogens is 383 g/mol. The molecule has 4 nitrogen and oxygen atoms in total. The standard InChI is InChI=1S/C17H10F3N3OS2/c18-17(19,20)11-3-1-2-10(6-11)13-7-21-14(24-13)8-26-16-12-4-5-25-15(12)22-9-23-16/h1-7,9H,8H2. The number of thiophene rings is 1. The van der Waals surface area contributed by atoms with Gasteiger partial charge >= 0.3 is 6.18 Å². The van der Waals surface area contributed by atoms with Crippen LogP contribution in [0.15, 0.2) is 57.7 Å². The van der Waals surface area contributed by atoms with Crippen LogP contribution in [0.25, 0.3) is 21.5 Å². The summed E-state index contributed by atoms with van der Waals surface area (Å²) < 4.78 is 44.1. The first kappa shape index (κ1) is 17.0. The Balaban J connectivity index is 1.53. The molecule has 0 fully saturated rings. The summed E-state index contributed by atoms with van der Waals surface area (Å²) in [4.78, 5) is 13.5. The summed E-state index contributed by atoms with van der Waals surface area (Å²) in [5.41, 5.74) is -0.381. The van der Waals surface area contributed by atoms with Crippen LogP contribution in [0.4, 0.5) is 13.2 Å². The summed E-state index contributed by atoms with van der Waals surface area (Å²) in [5.74, 6) is 1.14. The number of rotatable bonds is 4. The van der Waals surface area contributed by atoms with E-state index < -0.39 is 11.7 Å². The molecule has 0 radical (unpaired) electrons. The fourth-order valence-corrected chi connectivity index (χ4v) is 4.00. The van der Waals surface area contributed by atoms with Gasteiger partial charge in [0.2, 0.25) is 5.89 Å². The van der Waals surface area contributed by atoms with E-state index in [4.69, 9.17) is 4.42 Å². The predicted octanol–water partition coefficient (Wildman–Crippen LogP) is 5.66. The van der Waals surface area contributed by atoms with E-state index >= 15 is 0 Å². The summed E-state index contributed by atoms with van der Waals surface area (Å²) in [6.07, 6.45) is -1.45. The second-order valence-electron chi connectivity index (χ2n) is 5.30. The van der Waals surface area contributed by atoms with Crippen molar-refractivity contribution in [2.24, 2.45) is 0 Å². The van der Waals surface area contributed by atoms with E-state index in [1.165, 1.54) is 41.7 Å². The number of oxazole rings is 1. The largest absolute Gasteiger partial charge is 0.440 e. The zero-order chi connectivity index (χ0) is 18.1. The van der Waals surface area contributed by atoms with Crippen LogP contribution in [0.2, 0.25) is 0 Å². The SMILES string of the molecule is FC(F)(F)c1cccc(-c2cnc(CSc3ncnc4sccc34)o2)c1. The third-order valence-corrected chi connectivity index (χ3v) is 5.40. The smallest absolute Gasteiger partial charge is 0.416 e. The molecule has 0 spiro atoms. The third kappa shape index (κ3) is 3.45. The molecule has 0 bridgehead atoms. The van der Waals surface area contributed by atoms with Gasteiger partial charge in [-0.15, -0.1) is 11.3 Å².